The molecule has 0 bridgehead atoms. The second-order valence-electron chi connectivity index (χ2n) is 3.48. The number of nitrogens with one attached hydrogen (secondary N) is 2. The molecule has 7 heteroatoms. The van der Waals surface area contributed by atoms with Crippen LogP contribution in [0, 0.1) is 5.92 Å². The normalized spacial score (nSPS) is 16.2. The number of halogens is 1. The van der Waals surface area contributed by atoms with Gasteiger partial charge in [-0.1, -0.05) is 6.92 Å². The number of hydrogen-bond donors (Lipinski definition) is 2. The van der Waals surface area contributed by atoms with Gasteiger partial charge in [-0.3, -0.25) is 5.10 Å². The first kappa shape index (κ1) is 12.5. The molecule has 0 fully saturated rings. The molecule has 5 nitrogen and oxygen atoms in total. The molecule has 0 aliphatic carbocycles. The van der Waals surface area contributed by atoms with Crippen LogP contribution in [0.15, 0.2) is 17.3 Å². The fourth-order valence-electron chi connectivity index (χ4n) is 0.949. The third-order valence-corrected chi connectivity index (χ3v) is 4.23. The second kappa shape index (κ2) is 4.96. The molecule has 0 aromatic carbocycles. The smallest absolute Gasteiger partial charge is 0.243 e. The average molecular weight is 252 g/mol. The van der Waals surface area contributed by atoms with Crippen molar-refractivity contribution in [3.8, 4) is 0 Å². The number of sulfonamides is 1. The quantitative estimate of drug-likeness (QED) is 0.766. The molecule has 0 radical (unpaired) electrons. The minimum Gasteiger partial charge on any atom is -0.284 e. The summed E-state index contributed by atoms with van der Waals surface area (Å²) >= 11 is 5.65. The topological polar surface area (TPSA) is 74.8 Å². The Hall–Kier alpha value is -0.590. The van der Waals surface area contributed by atoms with Crippen LogP contribution in [0.1, 0.15) is 13.8 Å². The van der Waals surface area contributed by atoms with Crippen LogP contribution in [0.3, 0.4) is 0 Å². The Morgan fingerprint density at radius 3 is 2.73 bits per heavy atom. The number of rotatable bonds is 5. The van der Waals surface area contributed by atoms with Gasteiger partial charge in [-0.25, -0.2) is 13.1 Å². The maximum Gasteiger partial charge on any atom is 0.243 e. The van der Waals surface area contributed by atoms with E-state index in [4.69, 9.17) is 11.6 Å². The lowest BCUT2D eigenvalue weighted by Gasteiger charge is -2.18. The predicted octanol–water partition coefficient (Wildman–Crippen LogP) is 0.951. The molecular formula is C8H14ClN3O2S. The van der Waals surface area contributed by atoms with Crippen LogP contribution in [-0.4, -0.2) is 30.5 Å². The lowest BCUT2D eigenvalue weighted by atomic mass is 10.1. The van der Waals surface area contributed by atoms with Crippen molar-refractivity contribution >= 4 is 21.6 Å². The summed E-state index contributed by atoms with van der Waals surface area (Å²) in [6.07, 6.45) is 2.60. The van der Waals surface area contributed by atoms with Crippen LogP contribution < -0.4 is 4.72 Å². The molecule has 15 heavy (non-hydrogen) atoms. The number of H-pyrrole nitrogens is 1. The third kappa shape index (κ3) is 3.19. The van der Waals surface area contributed by atoms with E-state index in [0.29, 0.717) is 5.88 Å². The first-order valence-corrected chi connectivity index (χ1v) is 6.56. The number of aromatic amines is 1. The van der Waals surface area contributed by atoms with Gasteiger partial charge in [-0.05, 0) is 12.8 Å². The summed E-state index contributed by atoms with van der Waals surface area (Å²) in [7, 11) is -3.47. The zero-order valence-corrected chi connectivity index (χ0v) is 10.1. The highest BCUT2D eigenvalue weighted by atomic mass is 35.5. The minimum atomic E-state index is -3.47. The van der Waals surface area contributed by atoms with Gasteiger partial charge in [0, 0.05) is 18.1 Å². The van der Waals surface area contributed by atoms with Crippen LogP contribution >= 0.6 is 11.6 Å². The number of alkyl halides is 1. The summed E-state index contributed by atoms with van der Waals surface area (Å²) in [6, 6.07) is -0.206. The largest absolute Gasteiger partial charge is 0.284 e. The van der Waals surface area contributed by atoms with Crippen LogP contribution in [0.25, 0.3) is 0 Å². The van der Waals surface area contributed by atoms with Crippen LogP contribution in [0.4, 0.5) is 0 Å². The molecule has 0 saturated heterocycles. The monoisotopic (exact) mass is 251 g/mol. The highest BCUT2D eigenvalue weighted by Crippen LogP contribution is 2.10. The first-order chi connectivity index (χ1) is 6.97. The van der Waals surface area contributed by atoms with E-state index in [1.54, 1.807) is 6.92 Å². The fraction of sp³-hybridized carbons (Fsp3) is 0.625. The van der Waals surface area contributed by atoms with Gasteiger partial charge < -0.3 is 0 Å². The third-order valence-electron chi connectivity index (χ3n) is 2.22. The van der Waals surface area contributed by atoms with Crippen molar-refractivity contribution in [3.63, 3.8) is 0 Å². The molecule has 1 heterocycles. The Morgan fingerprint density at radius 1 is 1.60 bits per heavy atom. The maximum absolute atomic E-state index is 11.7. The highest BCUT2D eigenvalue weighted by Gasteiger charge is 2.21. The van der Waals surface area contributed by atoms with Crippen molar-refractivity contribution in [1.82, 2.24) is 14.9 Å². The lowest BCUT2D eigenvalue weighted by molar-refractivity contribution is 0.480. The zero-order valence-electron chi connectivity index (χ0n) is 8.57. The Labute approximate surface area is 94.3 Å². The molecule has 0 saturated carbocycles. The van der Waals surface area contributed by atoms with Crippen molar-refractivity contribution in [1.29, 1.82) is 0 Å². The molecule has 0 spiro atoms. The van der Waals surface area contributed by atoms with Gasteiger partial charge in [0.25, 0.3) is 0 Å². The standard InChI is InChI=1S/C8H14ClN3O2S/c1-6(3-9)7(2)12-15(13,14)8-4-10-11-5-8/h4-7,12H,3H2,1-2H3,(H,10,11). The molecule has 2 N–H and O–H groups in total. The Kier molecular flexibility index (Phi) is 4.12. The van der Waals surface area contributed by atoms with Crippen LogP contribution in [0.2, 0.25) is 0 Å². The van der Waals surface area contributed by atoms with Crippen LogP contribution in [-0.2, 0) is 10.0 Å². The first-order valence-electron chi connectivity index (χ1n) is 4.54. The molecular weight excluding hydrogens is 238 g/mol. The maximum atomic E-state index is 11.7. The van der Waals surface area contributed by atoms with Gasteiger partial charge in [-0.2, -0.15) is 5.10 Å². The molecule has 1 aromatic heterocycles. The van der Waals surface area contributed by atoms with Gasteiger partial charge >= 0.3 is 0 Å². The predicted molar refractivity (Wildman–Crippen MR) is 58.3 cm³/mol. The second-order valence-corrected chi connectivity index (χ2v) is 5.50. The van der Waals surface area contributed by atoms with E-state index in [1.165, 1.54) is 12.4 Å². The summed E-state index contributed by atoms with van der Waals surface area (Å²) in [5, 5.41) is 6.05. The van der Waals surface area contributed by atoms with Crippen molar-refractivity contribution in [3.05, 3.63) is 12.4 Å². The van der Waals surface area contributed by atoms with E-state index in [2.05, 4.69) is 14.9 Å². The number of aromatic nitrogens is 2. The highest BCUT2D eigenvalue weighted by molar-refractivity contribution is 7.89. The summed E-state index contributed by atoms with van der Waals surface area (Å²) in [5.74, 6) is 0.489. The number of hydrogen-bond acceptors (Lipinski definition) is 3. The Morgan fingerprint density at radius 2 is 2.27 bits per heavy atom. The summed E-state index contributed by atoms with van der Waals surface area (Å²) in [5.41, 5.74) is 0. The van der Waals surface area contributed by atoms with E-state index in [9.17, 15) is 8.42 Å². The molecule has 0 aliphatic rings. The SMILES string of the molecule is CC(CCl)C(C)NS(=O)(=O)c1cn[nH]c1. The van der Waals surface area contributed by atoms with Gasteiger partial charge in [-0.15, -0.1) is 11.6 Å². The van der Waals surface area contributed by atoms with E-state index < -0.39 is 10.0 Å². The zero-order chi connectivity index (χ0) is 11.5. The van der Waals surface area contributed by atoms with E-state index in [0.717, 1.165) is 0 Å². The molecule has 1 rings (SSSR count). The van der Waals surface area contributed by atoms with Gasteiger partial charge in [0.2, 0.25) is 10.0 Å². The van der Waals surface area contributed by atoms with E-state index in [-0.39, 0.29) is 16.9 Å². The van der Waals surface area contributed by atoms with Crippen molar-refractivity contribution < 1.29 is 8.42 Å². The molecule has 0 amide bonds. The lowest BCUT2D eigenvalue weighted by Crippen LogP contribution is -2.37. The molecule has 2 atom stereocenters. The molecule has 0 aliphatic heterocycles. The molecule has 2 unspecified atom stereocenters. The number of nitrogens with zero attached hydrogens (tertiary/aromatic N) is 1. The van der Waals surface area contributed by atoms with E-state index >= 15 is 0 Å². The molecule has 86 valence electrons. The van der Waals surface area contributed by atoms with Crippen LogP contribution in [0.5, 0.6) is 0 Å². The Balaban J connectivity index is 2.74. The summed E-state index contributed by atoms with van der Waals surface area (Å²) in [6.45, 7) is 3.67. The molecule has 1 aromatic rings. The Bertz CT molecular complexity index is 390. The van der Waals surface area contributed by atoms with E-state index in [1.807, 2.05) is 6.92 Å². The van der Waals surface area contributed by atoms with Crippen molar-refractivity contribution in [2.24, 2.45) is 5.92 Å². The van der Waals surface area contributed by atoms with Crippen molar-refractivity contribution in [2.45, 2.75) is 24.8 Å². The van der Waals surface area contributed by atoms with Gasteiger partial charge in [0.05, 0.1) is 6.20 Å². The van der Waals surface area contributed by atoms with Gasteiger partial charge in [0.1, 0.15) is 4.90 Å². The average Bonchev–Trinajstić information content (AvgIpc) is 2.69. The van der Waals surface area contributed by atoms with Crippen molar-refractivity contribution in [2.75, 3.05) is 5.88 Å². The minimum absolute atomic E-state index is 0.0772. The fourth-order valence-corrected chi connectivity index (χ4v) is 2.47. The summed E-state index contributed by atoms with van der Waals surface area (Å²) in [4.78, 5) is 0.135. The summed E-state index contributed by atoms with van der Waals surface area (Å²) < 4.78 is 26.0. The van der Waals surface area contributed by atoms with Gasteiger partial charge in [0.15, 0.2) is 0 Å².